The maximum atomic E-state index is 12.7. The number of fused-ring (bicyclic) bond motifs is 5. The fraction of sp³-hybridized carbons (Fsp3) is 0.269. The van der Waals surface area contributed by atoms with E-state index in [-0.39, 0.29) is 46.2 Å². The molecule has 2 aromatic rings. The van der Waals surface area contributed by atoms with E-state index in [1.807, 2.05) is 12.2 Å². The number of rotatable bonds is 8. The van der Waals surface area contributed by atoms with Crippen LogP contribution in [0, 0.1) is 33.8 Å². The van der Waals surface area contributed by atoms with Crippen molar-refractivity contribution in [2.75, 3.05) is 13.2 Å². The van der Waals surface area contributed by atoms with Crippen LogP contribution in [0.3, 0.4) is 0 Å². The molecule has 4 atom stereocenters. The molecule has 1 saturated heterocycles. The number of Topliss-reactive ketones (excluding diaryl/α,β-unsaturated/α-hetero) is 1. The van der Waals surface area contributed by atoms with E-state index in [0.717, 1.165) is 11.3 Å². The zero-order valence-corrected chi connectivity index (χ0v) is 19.3. The molecule has 0 spiro atoms. The lowest BCUT2D eigenvalue weighted by Crippen LogP contribution is -2.38. The average Bonchev–Trinajstić information content (AvgIpc) is 3.58. The summed E-state index contributed by atoms with van der Waals surface area (Å²) in [4.78, 5) is 73.3. The normalized spacial score (nSPS) is 23.2. The number of hydrogen-bond acceptors (Lipinski definition) is 9. The molecule has 1 saturated carbocycles. The van der Waals surface area contributed by atoms with Crippen molar-refractivity contribution in [3.63, 3.8) is 0 Å². The molecule has 2 aliphatic carbocycles. The molecule has 1 heterocycles. The Balaban J connectivity index is 1.11. The molecule has 5 rings (SSSR count). The van der Waals surface area contributed by atoms with E-state index in [9.17, 15) is 34.1 Å². The van der Waals surface area contributed by atoms with Crippen LogP contribution in [0.1, 0.15) is 27.1 Å². The number of carbonyl (C=O) groups is 5. The van der Waals surface area contributed by atoms with Crippen LogP contribution < -0.4 is 4.74 Å². The largest absolute Gasteiger partial charge is 0.456 e. The van der Waals surface area contributed by atoms with E-state index >= 15 is 0 Å². The number of amides is 2. The molecule has 1 aliphatic heterocycles. The molecule has 188 valence electrons. The average molecular weight is 504 g/mol. The number of nitro benzene ring substituents is 1. The SMILES string of the molecule is O=C(CN1C(=O)C2C3C=CC(C3)C2C1=O)OCC(=O)c1ccc(OC(=O)c2ccc([N+](=O)[O-])cc2)cc1. The van der Waals surface area contributed by atoms with Gasteiger partial charge >= 0.3 is 11.9 Å². The van der Waals surface area contributed by atoms with Crippen molar-refractivity contribution in [1.82, 2.24) is 4.90 Å². The number of hydrogen-bond donors (Lipinski definition) is 0. The topological polar surface area (TPSA) is 150 Å². The van der Waals surface area contributed by atoms with E-state index in [1.54, 1.807) is 0 Å². The monoisotopic (exact) mass is 504 g/mol. The van der Waals surface area contributed by atoms with Crippen molar-refractivity contribution in [1.29, 1.82) is 0 Å². The predicted molar refractivity (Wildman–Crippen MR) is 124 cm³/mol. The maximum Gasteiger partial charge on any atom is 0.343 e. The Morgan fingerprint density at radius 2 is 1.46 bits per heavy atom. The van der Waals surface area contributed by atoms with Gasteiger partial charge in [0.05, 0.1) is 22.3 Å². The number of ketones is 1. The third-order valence-corrected chi connectivity index (χ3v) is 6.91. The highest BCUT2D eigenvalue weighted by atomic mass is 16.6. The summed E-state index contributed by atoms with van der Waals surface area (Å²) >= 11 is 0. The Morgan fingerprint density at radius 1 is 0.892 bits per heavy atom. The number of likely N-dealkylation sites (tertiary alicyclic amines) is 1. The predicted octanol–water partition coefficient (Wildman–Crippen LogP) is 2.35. The summed E-state index contributed by atoms with van der Waals surface area (Å²) < 4.78 is 10.2. The van der Waals surface area contributed by atoms with Gasteiger partial charge in [0.2, 0.25) is 11.8 Å². The number of allylic oxidation sites excluding steroid dienone is 2. The molecule has 0 radical (unpaired) electrons. The van der Waals surface area contributed by atoms with Crippen LogP contribution in [0.2, 0.25) is 0 Å². The van der Waals surface area contributed by atoms with Gasteiger partial charge in [-0.25, -0.2) is 4.79 Å². The third-order valence-electron chi connectivity index (χ3n) is 6.91. The summed E-state index contributed by atoms with van der Waals surface area (Å²) in [5.74, 6) is -3.48. The van der Waals surface area contributed by atoms with Gasteiger partial charge in [-0.1, -0.05) is 12.2 Å². The zero-order valence-electron chi connectivity index (χ0n) is 19.3. The first-order valence-electron chi connectivity index (χ1n) is 11.5. The second-order valence-electron chi connectivity index (χ2n) is 9.06. The number of esters is 2. The van der Waals surface area contributed by atoms with Gasteiger partial charge in [0.25, 0.3) is 5.69 Å². The lowest BCUT2D eigenvalue weighted by molar-refractivity contribution is -0.384. The second-order valence-corrected chi connectivity index (χ2v) is 9.06. The maximum absolute atomic E-state index is 12.7. The Hall–Kier alpha value is -4.67. The van der Waals surface area contributed by atoms with Gasteiger partial charge in [0, 0.05) is 17.7 Å². The molecule has 2 bridgehead atoms. The van der Waals surface area contributed by atoms with Crippen LogP contribution in [-0.2, 0) is 19.1 Å². The lowest BCUT2D eigenvalue weighted by atomic mass is 9.85. The molecular formula is C26H20N2O9. The van der Waals surface area contributed by atoms with Crippen molar-refractivity contribution in [2.24, 2.45) is 23.7 Å². The van der Waals surface area contributed by atoms with Crippen molar-refractivity contribution in [2.45, 2.75) is 6.42 Å². The molecule has 2 fully saturated rings. The Bertz CT molecular complexity index is 1320. The quantitative estimate of drug-likeness (QED) is 0.100. The number of benzene rings is 2. The third kappa shape index (κ3) is 4.51. The summed E-state index contributed by atoms with van der Waals surface area (Å²) in [6, 6.07) is 10.4. The number of nitro groups is 1. The highest BCUT2D eigenvalue weighted by molar-refractivity contribution is 6.08. The summed E-state index contributed by atoms with van der Waals surface area (Å²) in [6.07, 6.45) is 4.70. The summed E-state index contributed by atoms with van der Waals surface area (Å²) in [5.41, 5.74) is 0.138. The Kier molecular flexibility index (Phi) is 6.12. The van der Waals surface area contributed by atoms with Crippen molar-refractivity contribution in [3.05, 3.63) is 81.9 Å². The number of non-ortho nitro benzene ring substituents is 1. The van der Waals surface area contributed by atoms with Gasteiger partial charge in [-0.2, -0.15) is 0 Å². The van der Waals surface area contributed by atoms with Crippen LogP contribution in [-0.4, -0.2) is 52.5 Å². The Labute approximate surface area is 209 Å². The minimum Gasteiger partial charge on any atom is -0.456 e. The van der Waals surface area contributed by atoms with Gasteiger partial charge in [-0.15, -0.1) is 0 Å². The molecule has 3 aliphatic rings. The molecular weight excluding hydrogens is 484 g/mol. The molecule has 2 amide bonds. The molecule has 11 nitrogen and oxygen atoms in total. The van der Waals surface area contributed by atoms with E-state index < -0.39 is 47.6 Å². The lowest BCUT2D eigenvalue weighted by Gasteiger charge is -2.16. The fourth-order valence-electron chi connectivity index (χ4n) is 5.12. The summed E-state index contributed by atoms with van der Waals surface area (Å²) in [7, 11) is 0. The van der Waals surface area contributed by atoms with Gasteiger partial charge in [-0.05, 0) is 54.7 Å². The minimum atomic E-state index is -0.857. The number of nitrogens with zero attached hydrogens (tertiary/aromatic N) is 2. The first-order valence-corrected chi connectivity index (χ1v) is 11.5. The van der Waals surface area contributed by atoms with Gasteiger partial charge in [-0.3, -0.25) is 34.2 Å². The van der Waals surface area contributed by atoms with Gasteiger partial charge in [0.15, 0.2) is 12.4 Å². The number of imide groups is 1. The van der Waals surface area contributed by atoms with E-state index in [1.165, 1.54) is 48.5 Å². The van der Waals surface area contributed by atoms with Gasteiger partial charge in [0.1, 0.15) is 12.3 Å². The van der Waals surface area contributed by atoms with Gasteiger partial charge < -0.3 is 9.47 Å². The molecule has 37 heavy (non-hydrogen) atoms. The van der Waals surface area contributed by atoms with E-state index in [4.69, 9.17) is 9.47 Å². The van der Waals surface area contributed by atoms with Crippen LogP contribution in [0.15, 0.2) is 60.7 Å². The molecule has 11 heteroatoms. The molecule has 4 unspecified atom stereocenters. The molecule has 0 N–H and O–H groups in total. The second kappa shape index (κ2) is 9.41. The van der Waals surface area contributed by atoms with Crippen molar-refractivity contribution >= 4 is 35.2 Å². The van der Waals surface area contributed by atoms with Crippen LogP contribution >= 0.6 is 0 Å². The van der Waals surface area contributed by atoms with Crippen LogP contribution in [0.5, 0.6) is 5.75 Å². The standard InChI is InChI=1S/C26H20N2O9/c29-20(13-36-21(30)12-27-24(31)22-16-1-2-17(11-16)23(22)25(27)32)14-5-9-19(10-6-14)37-26(33)15-3-7-18(8-4-15)28(34)35/h1-10,16-17,22-23H,11-13H2. The summed E-state index contributed by atoms with van der Waals surface area (Å²) in [5, 5.41) is 10.7. The minimum absolute atomic E-state index is 0.0328. The summed E-state index contributed by atoms with van der Waals surface area (Å²) in [6.45, 7) is -1.12. The van der Waals surface area contributed by atoms with E-state index in [2.05, 4.69) is 0 Å². The first-order chi connectivity index (χ1) is 17.7. The Morgan fingerprint density at radius 3 is 2.03 bits per heavy atom. The van der Waals surface area contributed by atoms with Crippen molar-refractivity contribution in [3.8, 4) is 5.75 Å². The van der Waals surface area contributed by atoms with Crippen molar-refractivity contribution < 1.29 is 38.4 Å². The molecule has 0 aromatic heterocycles. The highest BCUT2D eigenvalue weighted by Crippen LogP contribution is 2.52. The fourth-order valence-corrected chi connectivity index (χ4v) is 5.12. The zero-order chi connectivity index (χ0) is 26.3. The van der Waals surface area contributed by atoms with Crippen LogP contribution in [0.25, 0.3) is 0 Å². The first kappa shape index (κ1) is 24.0. The molecule has 2 aromatic carbocycles. The van der Waals surface area contributed by atoms with E-state index in [0.29, 0.717) is 0 Å². The smallest absolute Gasteiger partial charge is 0.343 e. The van der Waals surface area contributed by atoms with Crippen LogP contribution in [0.4, 0.5) is 5.69 Å². The number of ether oxygens (including phenoxy) is 2. The number of carbonyl (C=O) groups excluding carboxylic acids is 5. The highest BCUT2D eigenvalue weighted by Gasteiger charge is 2.59.